The molecule has 1 atom stereocenters. The van der Waals surface area contributed by atoms with Crippen molar-refractivity contribution in [1.29, 1.82) is 0 Å². The van der Waals surface area contributed by atoms with E-state index in [9.17, 15) is 19.1 Å². The number of aliphatic hydroxyl groups excluding tert-OH is 1. The van der Waals surface area contributed by atoms with Crippen LogP contribution < -0.4 is 5.56 Å². The van der Waals surface area contributed by atoms with Crippen LogP contribution in [0.5, 0.6) is 0 Å². The fourth-order valence-electron chi connectivity index (χ4n) is 4.96. The third-order valence-corrected chi connectivity index (χ3v) is 6.41. The highest BCUT2D eigenvalue weighted by atomic mass is 19.1. The summed E-state index contributed by atoms with van der Waals surface area (Å²) in [5, 5.41) is 11.2. The molecule has 0 spiro atoms. The molecule has 34 heavy (non-hydrogen) atoms. The van der Waals surface area contributed by atoms with Gasteiger partial charge in [-0.1, -0.05) is 27.7 Å². The van der Waals surface area contributed by atoms with Gasteiger partial charge in [-0.2, -0.15) is 0 Å². The molecular weight excluding hydrogens is 435 g/mol. The fourth-order valence-corrected chi connectivity index (χ4v) is 4.96. The van der Waals surface area contributed by atoms with Crippen LogP contribution in [0.25, 0.3) is 22.3 Å². The van der Waals surface area contributed by atoms with E-state index in [0.29, 0.717) is 34.6 Å². The molecule has 3 heterocycles. The summed E-state index contributed by atoms with van der Waals surface area (Å²) in [5.74, 6) is -0.265. The molecule has 0 amide bonds. The summed E-state index contributed by atoms with van der Waals surface area (Å²) < 4.78 is 21.0. The monoisotopic (exact) mass is 468 g/mol. The van der Waals surface area contributed by atoms with Crippen molar-refractivity contribution in [1.82, 2.24) is 9.55 Å². The molecule has 1 unspecified atom stereocenters. The van der Waals surface area contributed by atoms with Gasteiger partial charge in [0.15, 0.2) is 0 Å². The number of aryl methyl sites for hydroxylation is 2. The van der Waals surface area contributed by atoms with Crippen LogP contribution in [0, 0.1) is 12.7 Å². The number of benzene rings is 1. The third-order valence-electron chi connectivity index (χ3n) is 6.41. The fraction of sp³-hybridized carbons (Fsp3) is 0.444. The summed E-state index contributed by atoms with van der Waals surface area (Å²) in [6.07, 6.45) is 1.68. The first kappa shape index (κ1) is 25.6. The van der Waals surface area contributed by atoms with E-state index in [4.69, 9.17) is 9.72 Å². The van der Waals surface area contributed by atoms with Crippen molar-refractivity contribution in [3.05, 3.63) is 61.7 Å². The van der Waals surface area contributed by atoms with E-state index in [2.05, 4.69) is 0 Å². The summed E-state index contributed by atoms with van der Waals surface area (Å²) in [6, 6.07) is 3.22. The number of rotatable bonds is 4. The molecule has 2 aliphatic rings. The zero-order valence-electron chi connectivity index (χ0n) is 20.8. The zero-order chi connectivity index (χ0) is 25.2. The van der Waals surface area contributed by atoms with Gasteiger partial charge < -0.3 is 14.4 Å². The number of aromatic nitrogens is 2. The van der Waals surface area contributed by atoms with Crippen LogP contribution in [-0.2, 0) is 35.5 Å². The number of hydrogen-bond acceptors (Lipinski definition) is 5. The number of halogens is 1. The Balaban J connectivity index is 0.000000771. The van der Waals surface area contributed by atoms with E-state index in [0.717, 1.165) is 41.3 Å². The Labute approximate surface area is 199 Å². The maximum Gasteiger partial charge on any atom is 0.293 e. The van der Waals surface area contributed by atoms with Gasteiger partial charge in [0.25, 0.3) is 12.0 Å². The SMILES string of the molecule is CC.CC.Cc1c(F)cc2nc3c(c4c2c1CCC4)Cn1c-3cc(C(C)O)c(COC=O)c1=O. The van der Waals surface area contributed by atoms with Crippen LogP contribution in [-0.4, -0.2) is 21.1 Å². The van der Waals surface area contributed by atoms with Gasteiger partial charge in [-0.25, -0.2) is 9.37 Å². The summed E-state index contributed by atoms with van der Waals surface area (Å²) in [4.78, 5) is 28.6. The van der Waals surface area contributed by atoms with Crippen LogP contribution in [0.4, 0.5) is 4.39 Å². The summed E-state index contributed by atoms with van der Waals surface area (Å²) in [5.41, 5.74) is 6.02. The summed E-state index contributed by atoms with van der Waals surface area (Å²) >= 11 is 0. The minimum absolute atomic E-state index is 0.198. The highest BCUT2D eigenvalue weighted by Gasteiger charge is 2.31. The molecule has 0 bridgehead atoms. The van der Waals surface area contributed by atoms with Gasteiger partial charge in [-0.3, -0.25) is 9.59 Å². The number of aliphatic hydroxyl groups is 1. The molecule has 0 saturated carbocycles. The minimum atomic E-state index is -0.914. The number of fused-ring (bicyclic) bond motifs is 4. The molecule has 1 aliphatic heterocycles. The van der Waals surface area contributed by atoms with Crippen molar-refractivity contribution >= 4 is 17.4 Å². The predicted octanol–water partition coefficient (Wildman–Crippen LogP) is 5.14. The van der Waals surface area contributed by atoms with Crippen LogP contribution in [0.15, 0.2) is 16.9 Å². The number of pyridine rings is 2. The standard InChI is InChI=1S/C23H21FN2O4.2C2H6/c1-11-13-4-3-5-14-16-8-26-20(22(16)25-19(21(13)14)7-18(11)24)6-15(12(2)28)17(23(26)29)9-30-10-27;2*1-2/h6-7,10,12,28H,3-5,8-9H2,1-2H3;2*1-2H3. The molecule has 7 heteroatoms. The van der Waals surface area contributed by atoms with Gasteiger partial charge in [0.2, 0.25) is 0 Å². The molecule has 1 aliphatic carbocycles. The lowest BCUT2D eigenvalue weighted by Gasteiger charge is -2.21. The van der Waals surface area contributed by atoms with E-state index in [1.807, 2.05) is 27.7 Å². The number of ether oxygens (including phenoxy) is 1. The largest absolute Gasteiger partial charge is 0.463 e. The van der Waals surface area contributed by atoms with Crippen molar-refractivity contribution in [2.24, 2.45) is 0 Å². The van der Waals surface area contributed by atoms with E-state index < -0.39 is 6.10 Å². The normalized spacial score (nSPS) is 13.6. The van der Waals surface area contributed by atoms with E-state index in [1.165, 1.54) is 6.07 Å². The van der Waals surface area contributed by atoms with Gasteiger partial charge in [0.05, 0.1) is 35.1 Å². The maximum absolute atomic E-state index is 14.5. The van der Waals surface area contributed by atoms with Crippen LogP contribution in [0.2, 0.25) is 0 Å². The van der Waals surface area contributed by atoms with Gasteiger partial charge in [-0.15, -0.1) is 0 Å². The number of carbonyl (C=O) groups is 1. The highest BCUT2D eigenvalue weighted by molar-refractivity contribution is 5.92. The third kappa shape index (κ3) is 4.02. The van der Waals surface area contributed by atoms with Crippen LogP contribution >= 0.6 is 0 Å². The first-order chi connectivity index (χ1) is 16.4. The smallest absolute Gasteiger partial charge is 0.293 e. The van der Waals surface area contributed by atoms with Gasteiger partial charge in [0, 0.05) is 17.0 Å². The Morgan fingerprint density at radius 2 is 1.85 bits per heavy atom. The molecule has 0 fully saturated rings. The Bertz CT molecular complexity index is 1290. The molecular formula is C27H33FN2O4. The molecule has 5 rings (SSSR count). The van der Waals surface area contributed by atoms with Crippen molar-refractivity contribution < 1.29 is 19.0 Å². The van der Waals surface area contributed by atoms with Crippen molar-refractivity contribution in [3.63, 3.8) is 0 Å². The molecule has 1 aromatic carbocycles. The lowest BCUT2D eigenvalue weighted by Crippen LogP contribution is -2.26. The van der Waals surface area contributed by atoms with E-state index >= 15 is 0 Å². The Morgan fingerprint density at radius 1 is 1.18 bits per heavy atom. The average molecular weight is 469 g/mol. The number of hydrogen-bond donors (Lipinski definition) is 1. The highest BCUT2D eigenvalue weighted by Crippen LogP contribution is 2.41. The Kier molecular flexibility index (Phi) is 7.87. The van der Waals surface area contributed by atoms with E-state index in [1.54, 1.807) is 24.5 Å². The minimum Gasteiger partial charge on any atom is -0.463 e. The number of carbonyl (C=O) groups excluding carboxylic acids is 1. The molecule has 1 N–H and O–H groups in total. The lowest BCUT2D eigenvalue weighted by atomic mass is 9.85. The molecule has 0 radical (unpaired) electrons. The zero-order valence-corrected chi connectivity index (χ0v) is 20.8. The quantitative estimate of drug-likeness (QED) is 0.420. The average Bonchev–Trinajstić information content (AvgIpc) is 3.23. The van der Waals surface area contributed by atoms with Gasteiger partial charge >= 0.3 is 0 Å². The first-order valence-electron chi connectivity index (χ1n) is 12.1. The first-order valence-corrected chi connectivity index (χ1v) is 12.1. The maximum atomic E-state index is 14.5. The second-order valence-electron chi connectivity index (χ2n) is 8.07. The lowest BCUT2D eigenvalue weighted by molar-refractivity contribution is -0.129. The predicted molar refractivity (Wildman–Crippen MR) is 131 cm³/mol. The molecule has 6 nitrogen and oxygen atoms in total. The Morgan fingerprint density at radius 3 is 2.50 bits per heavy atom. The van der Waals surface area contributed by atoms with E-state index in [-0.39, 0.29) is 30.0 Å². The van der Waals surface area contributed by atoms with Crippen molar-refractivity contribution in [3.8, 4) is 11.4 Å². The van der Waals surface area contributed by atoms with Crippen LogP contribution in [0.1, 0.15) is 80.5 Å². The number of nitrogens with zero attached hydrogens (tertiary/aromatic N) is 2. The molecule has 182 valence electrons. The summed E-state index contributed by atoms with van der Waals surface area (Å²) in [7, 11) is 0. The second kappa shape index (κ2) is 10.5. The topological polar surface area (TPSA) is 81.4 Å². The van der Waals surface area contributed by atoms with Gasteiger partial charge in [-0.05, 0) is 61.4 Å². The summed E-state index contributed by atoms with van der Waals surface area (Å²) in [6.45, 7) is 11.8. The molecule has 0 saturated heterocycles. The van der Waals surface area contributed by atoms with Crippen molar-refractivity contribution in [2.75, 3.05) is 0 Å². The molecule has 2 aromatic heterocycles. The van der Waals surface area contributed by atoms with Gasteiger partial charge in [0.1, 0.15) is 12.4 Å². The van der Waals surface area contributed by atoms with Crippen LogP contribution in [0.3, 0.4) is 0 Å². The Hall–Kier alpha value is -3.06. The van der Waals surface area contributed by atoms with Crippen molar-refractivity contribution in [2.45, 2.75) is 80.1 Å². The second-order valence-corrected chi connectivity index (χ2v) is 8.07. The molecule has 3 aromatic rings.